The zero-order chi connectivity index (χ0) is 19.1. The summed E-state index contributed by atoms with van der Waals surface area (Å²) in [5.74, 6) is -0.249. The number of carbonyl (C=O) groups is 2. The largest absolute Gasteiger partial charge is 0.357 e. The van der Waals surface area contributed by atoms with Crippen molar-refractivity contribution in [2.45, 2.75) is 44.9 Å². The van der Waals surface area contributed by atoms with Gasteiger partial charge in [-0.25, -0.2) is 4.68 Å². The van der Waals surface area contributed by atoms with E-state index in [0.29, 0.717) is 18.3 Å². The van der Waals surface area contributed by atoms with E-state index in [9.17, 15) is 9.59 Å². The molecule has 3 atom stereocenters. The molecule has 0 aliphatic carbocycles. The van der Waals surface area contributed by atoms with Crippen molar-refractivity contribution in [1.29, 1.82) is 0 Å². The molecule has 4 heterocycles. The van der Waals surface area contributed by atoms with Crippen LogP contribution in [0.15, 0.2) is 24.4 Å². The normalized spacial score (nSPS) is 22.8. The highest BCUT2D eigenvalue weighted by molar-refractivity contribution is 5.97. The Morgan fingerprint density at radius 3 is 2.93 bits per heavy atom. The number of hydrogen-bond acceptors (Lipinski definition) is 5. The van der Waals surface area contributed by atoms with E-state index in [1.807, 2.05) is 25.1 Å². The Balaban J connectivity index is 1.78. The Labute approximate surface area is 158 Å². The lowest BCUT2D eigenvalue weighted by atomic mass is 9.99. The average Bonchev–Trinajstić information content (AvgIpc) is 3.06. The molecule has 1 unspecified atom stereocenters. The molecule has 2 aromatic heterocycles. The van der Waals surface area contributed by atoms with E-state index in [1.165, 1.54) is 0 Å². The smallest absolute Gasteiger partial charge is 0.273 e. The molecule has 0 radical (unpaired) electrons. The molecule has 0 spiro atoms. The molecule has 0 bridgehead atoms. The zero-order valence-corrected chi connectivity index (χ0v) is 15.8. The lowest BCUT2D eigenvalue weighted by Gasteiger charge is -2.36. The lowest BCUT2D eigenvalue weighted by Crippen LogP contribution is -2.49. The van der Waals surface area contributed by atoms with Crippen LogP contribution in [0.5, 0.6) is 0 Å². The van der Waals surface area contributed by atoms with Crippen molar-refractivity contribution >= 4 is 11.8 Å². The quantitative estimate of drug-likeness (QED) is 0.837. The van der Waals surface area contributed by atoms with E-state index in [-0.39, 0.29) is 24.4 Å². The van der Waals surface area contributed by atoms with Gasteiger partial charge in [-0.3, -0.25) is 14.6 Å². The molecular formula is C19H24N6O2. The van der Waals surface area contributed by atoms with Gasteiger partial charge in [0.15, 0.2) is 0 Å². The van der Waals surface area contributed by atoms with Gasteiger partial charge in [-0.2, -0.15) is 5.10 Å². The fraction of sp³-hybridized carbons (Fsp3) is 0.474. The summed E-state index contributed by atoms with van der Waals surface area (Å²) in [5.41, 5.74) is 3.14. The molecule has 2 aromatic rings. The third-order valence-corrected chi connectivity index (χ3v) is 5.48. The number of aromatic nitrogens is 3. The first kappa shape index (κ1) is 17.7. The van der Waals surface area contributed by atoms with Gasteiger partial charge in [-0.15, -0.1) is 0 Å². The van der Waals surface area contributed by atoms with Crippen LogP contribution >= 0.6 is 0 Å². The fourth-order valence-electron chi connectivity index (χ4n) is 3.92. The van der Waals surface area contributed by atoms with Crippen LogP contribution in [0.3, 0.4) is 0 Å². The maximum atomic E-state index is 13.4. The van der Waals surface area contributed by atoms with Crippen molar-refractivity contribution in [3.63, 3.8) is 0 Å². The van der Waals surface area contributed by atoms with Crippen LogP contribution in [0.25, 0.3) is 0 Å². The highest BCUT2D eigenvalue weighted by Gasteiger charge is 2.41. The van der Waals surface area contributed by atoms with Gasteiger partial charge in [0, 0.05) is 37.8 Å². The van der Waals surface area contributed by atoms with E-state index in [0.717, 1.165) is 23.4 Å². The maximum absolute atomic E-state index is 13.4. The fourth-order valence-corrected chi connectivity index (χ4v) is 3.92. The molecule has 0 saturated heterocycles. The molecule has 0 aromatic carbocycles. The van der Waals surface area contributed by atoms with Gasteiger partial charge in [-0.1, -0.05) is 6.07 Å². The molecule has 0 fully saturated rings. The summed E-state index contributed by atoms with van der Waals surface area (Å²) < 4.78 is 1.63. The summed E-state index contributed by atoms with van der Waals surface area (Å²) in [6, 6.07) is 5.17. The zero-order valence-electron chi connectivity index (χ0n) is 15.8. The van der Waals surface area contributed by atoms with Gasteiger partial charge >= 0.3 is 0 Å². The molecule has 4 rings (SSSR count). The minimum Gasteiger partial charge on any atom is -0.357 e. The number of nitrogens with one attached hydrogen (secondary N) is 2. The van der Waals surface area contributed by atoms with Crippen LogP contribution in [0, 0.1) is 0 Å². The summed E-state index contributed by atoms with van der Waals surface area (Å²) in [6.07, 6.45) is 2.47. The van der Waals surface area contributed by atoms with E-state index in [1.54, 1.807) is 22.8 Å². The van der Waals surface area contributed by atoms with Crippen molar-refractivity contribution < 1.29 is 9.59 Å². The number of nitrogens with zero attached hydrogens (tertiary/aromatic N) is 4. The van der Waals surface area contributed by atoms with Gasteiger partial charge < -0.3 is 15.5 Å². The molecule has 8 nitrogen and oxygen atoms in total. The van der Waals surface area contributed by atoms with E-state index >= 15 is 0 Å². The van der Waals surface area contributed by atoms with Crippen LogP contribution in [-0.4, -0.2) is 51.1 Å². The van der Waals surface area contributed by atoms with Gasteiger partial charge in [0.1, 0.15) is 11.7 Å². The topological polar surface area (TPSA) is 92.2 Å². The summed E-state index contributed by atoms with van der Waals surface area (Å²) in [4.78, 5) is 32.1. The summed E-state index contributed by atoms with van der Waals surface area (Å²) in [6.45, 7) is 4.89. The monoisotopic (exact) mass is 368 g/mol. The second-order valence-electron chi connectivity index (χ2n) is 7.22. The Kier molecular flexibility index (Phi) is 4.43. The number of hydrogen-bond donors (Lipinski definition) is 2. The van der Waals surface area contributed by atoms with Gasteiger partial charge in [0.05, 0.1) is 24.0 Å². The van der Waals surface area contributed by atoms with Gasteiger partial charge in [0.2, 0.25) is 5.91 Å². The third kappa shape index (κ3) is 2.90. The second kappa shape index (κ2) is 6.77. The summed E-state index contributed by atoms with van der Waals surface area (Å²) >= 11 is 0. The Hall–Kier alpha value is -2.74. The predicted molar refractivity (Wildman–Crippen MR) is 99.0 cm³/mol. The van der Waals surface area contributed by atoms with Crippen molar-refractivity contribution in [2.24, 2.45) is 0 Å². The van der Waals surface area contributed by atoms with Crippen LogP contribution < -0.4 is 10.6 Å². The third-order valence-electron chi connectivity index (χ3n) is 5.48. The Morgan fingerprint density at radius 1 is 1.41 bits per heavy atom. The maximum Gasteiger partial charge on any atom is 0.273 e. The summed E-state index contributed by atoms with van der Waals surface area (Å²) in [7, 11) is 1.61. The number of pyridine rings is 1. The first-order chi connectivity index (χ1) is 13.0. The number of rotatable bonds is 3. The lowest BCUT2D eigenvalue weighted by molar-refractivity contribution is -0.125. The van der Waals surface area contributed by atoms with Crippen molar-refractivity contribution in [3.05, 3.63) is 47.0 Å². The number of likely N-dealkylation sites (N-methyl/N-ethyl adjacent to an activating group) is 1. The number of carbonyl (C=O) groups excluding carboxylic acids is 2. The standard InChI is InChI=1S/C19H24N6O2/c1-11-8-15-13(9-22-11)17-19(27)24(12(2)14-6-4-5-7-21-14)10-16(18(26)20-3)25(17)23-15/h4-7,11-12,16,22H,8-10H2,1-3H3,(H,20,26)/t11-,12?,16+/m1/s1. The number of amides is 2. The van der Waals surface area contributed by atoms with Crippen LogP contribution in [0.1, 0.15) is 53.4 Å². The molecule has 8 heteroatoms. The molecule has 0 saturated carbocycles. The molecule has 27 heavy (non-hydrogen) atoms. The van der Waals surface area contributed by atoms with Crippen molar-refractivity contribution in [2.75, 3.05) is 13.6 Å². The average molecular weight is 368 g/mol. The minimum absolute atomic E-state index is 0.0987. The van der Waals surface area contributed by atoms with E-state index in [4.69, 9.17) is 0 Å². The van der Waals surface area contributed by atoms with Crippen LogP contribution in [0.2, 0.25) is 0 Å². The molecule has 2 aliphatic heterocycles. The highest BCUT2D eigenvalue weighted by Crippen LogP contribution is 2.32. The van der Waals surface area contributed by atoms with Crippen molar-refractivity contribution in [3.8, 4) is 0 Å². The molecule has 2 N–H and O–H groups in total. The Bertz CT molecular complexity index is 878. The summed E-state index contributed by atoms with van der Waals surface area (Å²) in [5, 5.41) is 10.8. The first-order valence-corrected chi connectivity index (χ1v) is 9.28. The molecule has 2 aliphatic rings. The SMILES string of the molecule is CNC(=O)[C@@H]1CN(C(C)c2ccccn2)C(=O)c2c3c(nn21)C[C@@H](C)NC3. The molecule has 2 amide bonds. The molecular weight excluding hydrogens is 344 g/mol. The van der Waals surface area contributed by atoms with E-state index < -0.39 is 6.04 Å². The van der Waals surface area contributed by atoms with Crippen LogP contribution in [-0.2, 0) is 17.8 Å². The predicted octanol–water partition coefficient (Wildman–Crippen LogP) is 0.816. The van der Waals surface area contributed by atoms with Crippen LogP contribution in [0.4, 0.5) is 0 Å². The number of fused-ring (bicyclic) bond motifs is 3. The minimum atomic E-state index is -0.547. The first-order valence-electron chi connectivity index (χ1n) is 9.28. The van der Waals surface area contributed by atoms with Crippen molar-refractivity contribution in [1.82, 2.24) is 30.3 Å². The van der Waals surface area contributed by atoms with Gasteiger partial charge in [-0.05, 0) is 26.0 Å². The van der Waals surface area contributed by atoms with E-state index in [2.05, 4.69) is 27.6 Å². The highest BCUT2D eigenvalue weighted by atomic mass is 16.2. The Morgan fingerprint density at radius 2 is 2.22 bits per heavy atom. The van der Waals surface area contributed by atoms with Gasteiger partial charge in [0.25, 0.3) is 5.91 Å². The molecule has 142 valence electrons. The second-order valence-corrected chi connectivity index (χ2v) is 7.22.